The first-order valence-corrected chi connectivity index (χ1v) is 12.0. The SMILES string of the molecule is CC(=O)N1C[C@H](c2ccccc2)[C@H]2CN(CC(=O)Nc3ccnn3C3CCCC3)CC[C@H]21. The number of carbonyl (C=O) groups excluding carboxylic acids is 2. The summed E-state index contributed by atoms with van der Waals surface area (Å²) >= 11 is 0. The van der Waals surface area contributed by atoms with Crippen LogP contribution >= 0.6 is 0 Å². The van der Waals surface area contributed by atoms with Crippen LogP contribution in [-0.4, -0.2) is 63.6 Å². The maximum Gasteiger partial charge on any atom is 0.239 e. The van der Waals surface area contributed by atoms with Crippen molar-refractivity contribution < 1.29 is 9.59 Å². The van der Waals surface area contributed by atoms with Crippen LogP contribution < -0.4 is 5.32 Å². The third-order valence-corrected chi connectivity index (χ3v) is 7.62. The molecule has 0 bridgehead atoms. The van der Waals surface area contributed by atoms with Crippen molar-refractivity contribution in [2.45, 2.75) is 57.0 Å². The molecule has 3 aliphatic rings. The summed E-state index contributed by atoms with van der Waals surface area (Å²) in [7, 11) is 0. The zero-order valence-corrected chi connectivity index (χ0v) is 18.8. The minimum absolute atomic E-state index is 0.0147. The van der Waals surface area contributed by atoms with E-state index in [1.165, 1.54) is 18.4 Å². The summed E-state index contributed by atoms with van der Waals surface area (Å²) in [6.07, 6.45) is 7.42. The highest BCUT2D eigenvalue weighted by atomic mass is 16.2. The van der Waals surface area contributed by atoms with E-state index in [2.05, 4.69) is 44.5 Å². The van der Waals surface area contributed by atoms with Crippen LogP contribution in [0.5, 0.6) is 0 Å². The van der Waals surface area contributed by atoms with Gasteiger partial charge in [-0.25, -0.2) is 4.68 Å². The second kappa shape index (κ2) is 9.06. The van der Waals surface area contributed by atoms with Gasteiger partial charge in [-0.2, -0.15) is 5.10 Å². The van der Waals surface area contributed by atoms with Crippen LogP contribution in [0.2, 0.25) is 0 Å². The smallest absolute Gasteiger partial charge is 0.239 e. The average Bonchev–Trinajstić information content (AvgIpc) is 3.53. The Balaban J connectivity index is 1.25. The van der Waals surface area contributed by atoms with E-state index in [1.807, 2.05) is 16.8 Å². The molecule has 1 aromatic heterocycles. The van der Waals surface area contributed by atoms with Crippen molar-refractivity contribution in [2.75, 3.05) is 31.5 Å². The summed E-state index contributed by atoms with van der Waals surface area (Å²) < 4.78 is 1.99. The average molecular weight is 436 g/mol. The molecule has 1 N–H and O–H groups in total. The van der Waals surface area contributed by atoms with Crippen molar-refractivity contribution in [2.24, 2.45) is 5.92 Å². The number of nitrogens with one attached hydrogen (secondary N) is 1. The van der Waals surface area contributed by atoms with Gasteiger partial charge in [-0.3, -0.25) is 14.5 Å². The van der Waals surface area contributed by atoms with Gasteiger partial charge in [0.05, 0.1) is 18.8 Å². The number of nitrogens with zero attached hydrogens (tertiary/aromatic N) is 4. The normalized spacial score (nSPS) is 26.3. The number of benzene rings is 1. The third-order valence-electron chi connectivity index (χ3n) is 7.62. The lowest BCUT2D eigenvalue weighted by Gasteiger charge is -2.38. The molecule has 0 spiro atoms. The van der Waals surface area contributed by atoms with E-state index in [1.54, 1.807) is 13.1 Å². The lowest BCUT2D eigenvalue weighted by molar-refractivity contribution is -0.131. The first kappa shape index (κ1) is 21.2. The van der Waals surface area contributed by atoms with E-state index in [0.717, 1.165) is 44.7 Å². The van der Waals surface area contributed by atoms with E-state index < -0.39 is 0 Å². The molecule has 7 heteroatoms. The predicted octanol–water partition coefficient (Wildman–Crippen LogP) is 3.27. The minimum atomic E-state index is 0.0147. The van der Waals surface area contributed by atoms with E-state index in [9.17, 15) is 9.59 Å². The lowest BCUT2D eigenvalue weighted by Crippen LogP contribution is -2.49. The van der Waals surface area contributed by atoms with Gasteiger partial charge in [0.1, 0.15) is 5.82 Å². The van der Waals surface area contributed by atoms with Gasteiger partial charge in [0.25, 0.3) is 0 Å². The first-order chi connectivity index (χ1) is 15.6. The van der Waals surface area contributed by atoms with Gasteiger partial charge in [0, 0.05) is 50.5 Å². The topological polar surface area (TPSA) is 70.5 Å². The summed E-state index contributed by atoms with van der Waals surface area (Å²) in [5.41, 5.74) is 1.29. The fraction of sp³-hybridized carbons (Fsp3) is 0.560. The number of hydrogen-bond acceptors (Lipinski definition) is 4. The van der Waals surface area contributed by atoms with Gasteiger partial charge in [0.15, 0.2) is 0 Å². The van der Waals surface area contributed by atoms with Crippen LogP contribution in [0, 0.1) is 5.92 Å². The molecule has 1 aliphatic carbocycles. The van der Waals surface area contributed by atoms with Crippen molar-refractivity contribution in [1.29, 1.82) is 0 Å². The van der Waals surface area contributed by atoms with Gasteiger partial charge in [-0.1, -0.05) is 43.2 Å². The van der Waals surface area contributed by atoms with Crippen LogP contribution in [0.25, 0.3) is 0 Å². The molecule has 0 radical (unpaired) electrons. The second-order valence-corrected chi connectivity index (χ2v) is 9.59. The Morgan fingerprint density at radius 1 is 1.06 bits per heavy atom. The molecule has 3 fully saturated rings. The Hall–Kier alpha value is -2.67. The van der Waals surface area contributed by atoms with E-state index in [0.29, 0.717) is 24.4 Å². The van der Waals surface area contributed by atoms with Crippen LogP contribution in [0.3, 0.4) is 0 Å². The molecule has 32 heavy (non-hydrogen) atoms. The summed E-state index contributed by atoms with van der Waals surface area (Å²) in [5, 5.41) is 7.56. The van der Waals surface area contributed by atoms with Gasteiger partial charge in [-0.15, -0.1) is 0 Å². The quantitative estimate of drug-likeness (QED) is 0.783. The summed E-state index contributed by atoms with van der Waals surface area (Å²) in [6.45, 7) is 4.50. The number of piperidine rings is 1. The molecule has 2 aliphatic heterocycles. The minimum Gasteiger partial charge on any atom is -0.339 e. The van der Waals surface area contributed by atoms with Crippen LogP contribution in [0.4, 0.5) is 5.82 Å². The number of hydrogen-bond donors (Lipinski definition) is 1. The van der Waals surface area contributed by atoms with Crippen molar-refractivity contribution in [3.05, 3.63) is 48.2 Å². The molecule has 2 aromatic rings. The molecular formula is C25H33N5O2. The number of likely N-dealkylation sites (tertiary alicyclic amines) is 2. The van der Waals surface area contributed by atoms with Crippen molar-refractivity contribution >= 4 is 17.6 Å². The molecular weight excluding hydrogens is 402 g/mol. The monoisotopic (exact) mass is 435 g/mol. The largest absolute Gasteiger partial charge is 0.339 e. The number of amides is 2. The highest BCUT2D eigenvalue weighted by molar-refractivity contribution is 5.91. The Kier molecular flexibility index (Phi) is 6.00. The maximum absolute atomic E-state index is 12.9. The molecule has 5 rings (SSSR count). The van der Waals surface area contributed by atoms with Crippen molar-refractivity contribution in [3.8, 4) is 0 Å². The highest BCUT2D eigenvalue weighted by Crippen LogP contribution is 2.41. The van der Waals surface area contributed by atoms with Crippen LogP contribution in [0.15, 0.2) is 42.6 Å². The zero-order valence-electron chi connectivity index (χ0n) is 18.8. The standard InChI is InChI=1S/C25H33N5O2/c1-18(31)29-16-21(19-7-3-2-4-8-19)22-15-28(14-12-23(22)29)17-25(32)27-24-11-13-26-30(24)20-9-5-6-10-20/h2-4,7-8,11,13,20-23H,5-6,9-10,12,14-17H2,1H3,(H,27,32)/t21-,22-,23-/m1/s1. The molecule has 0 unspecified atom stereocenters. The fourth-order valence-electron chi connectivity index (χ4n) is 6.10. The molecule has 3 heterocycles. The fourth-order valence-corrected chi connectivity index (χ4v) is 6.10. The third kappa shape index (κ3) is 4.18. The highest BCUT2D eigenvalue weighted by Gasteiger charge is 2.46. The molecule has 3 atom stereocenters. The summed E-state index contributed by atoms with van der Waals surface area (Å²) in [5.74, 6) is 1.65. The number of aromatic nitrogens is 2. The predicted molar refractivity (Wildman–Crippen MR) is 123 cm³/mol. The molecule has 2 amide bonds. The molecule has 170 valence electrons. The molecule has 7 nitrogen and oxygen atoms in total. The van der Waals surface area contributed by atoms with Crippen LogP contribution in [-0.2, 0) is 9.59 Å². The van der Waals surface area contributed by atoms with Gasteiger partial charge in [0.2, 0.25) is 11.8 Å². The number of fused-ring (bicyclic) bond motifs is 1. The Morgan fingerprint density at radius 3 is 2.59 bits per heavy atom. The molecule has 1 saturated carbocycles. The van der Waals surface area contributed by atoms with E-state index in [-0.39, 0.29) is 17.9 Å². The van der Waals surface area contributed by atoms with Crippen molar-refractivity contribution in [1.82, 2.24) is 19.6 Å². The summed E-state index contributed by atoms with van der Waals surface area (Å²) in [6, 6.07) is 13.1. The number of carbonyl (C=O) groups is 2. The summed E-state index contributed by atoms with van der Waals surface area (Å²) in [4.78, 5) is 29.5. The number of anilines is 1. The van der Waals surface area contributed by atoms with Crippen molar-refractivity contribution in [3.63, 3.8) is 0 Å². The van der Waals surface area contributed by atoms with E-state index in [4.69, 9.17) is 0 Å². The van der Waals surface area contributed by atoms with Gasteiger partial charge >= 0.3 is 0 Å². The Bertz CT molecular complexity index is 952. The van der Waals surface area contributed by atoms with Gasteiger partial charge < -0.3 is 10.2 Å². The van der Waals surface area contributed by atoms with Gasteiger partial charge in [-0.05, 0) is 24.8 Å². The molecule has 1 aromatic carbocycles. The lowest BCUT2D eigenvalue weighted by atomic mass is 9.82. The van der Waals surface area contributed by atoms with E-state index >= 15 is 0 Å². The first-order valence-electron chi connectivity index (χ1n) is 12.0. The number of rotatable bonds is 5. The zero-order chi connectivity index (χ0) is 22.1. The Morgan fingerprint density at radius 2 is 1.84 bits per heavy atom. The maximum atomic E-state index is 12.9. The molecule has 2 saturated heterocycles. The van der Waals surface area contributed by atoms with Crippen LogP contribution in [0.1, 0.15) is 56.6 Å². The Labute approximate surface area is 189 Å². The second-order valence-electron chi connectivity index (χ2n) is 9.59.